The predicted octanol–water partition coefficient (Wildman–Crippen LogP) is 2.78. The molecule has 1 heterocycles. The Balaban J connectivity index is 2.26. The van der Waals surface area contributed by atoms with E-state index in [1.807, 2.05) is 36.6 Å². The lowest BCUT2D eigenvalue weighted by atomic mass is 10.1. The van der Waals surface area contributed by atoms with Gasteiger partial charge in [0.05, 0.1) is 18.3 Å². The number of methoxy groups -OCH3 is 1. The summed E-state index contributed by atoms with van der Waals surface area (Å²) in [6.45, 7) is 1.98. The molecule has 4 nitrogen and oxygen atoms in total. The average Bonchev–Trinajstić information content (AvgIpc) is 2.90. The Morgan fingerprint density at radius 2 is 2.22 bits per heavy atom. The van der Waals surface area contributed by atoms with E-state index in [1.165, 1.54) is 18.4 Å². The van der Waals surface area contributed by atoms with Crippen LogP contribution in [-0.2, 0) is 9.53 Å². The third-order valence-corrected chi connectivity index (χ3v) is 3.23. The summed E-state index contributed by atoms with van der Waals surface area (Å²) in [4.78, 5) is 16.0. The van der Waals surface area contributed by atoms with Gasteiger partial charge in [0.15, 0.2) is 6.04 Å². The number of hydrogen-bond donors (Lipinski definition) is 1. The van der Waals surface area contributed by atoms with Gasteiger partial charge >= 0.3 is 5.97 Å². The molecule has 0 aliphatic carbocycles. The highest BCUT2D eigenvalue weighted by Crippen LogP contribution is 2.23. The molecule has 1 aromatic heterocycles. The first-order valence-electron chi connectivity index (χ1n) is 5.50. The summed E-state index contributed by atoms with van der Waals surface area (Å²) in [7, 11) is 1.38. The fourth-order valence-corrected chi connectivity index (χ4v) is 2.21. The van der Waals surface area contributed by atoms with Crippen molar-refractivity contribution >= 4 is 23.0 Å². The largest absolute Gasteiger partial charge is 0.467 e. The summed E-state index contributed by atoms with van der Waals surface area (Å²) in [6, 6.07) is 7.22. The molecule has 0 bridgehead atoms. The molecule has 1 aromatic carbocycles. The maximum Gasteiger partial charge on any atom is 0.334 e. The normalized spacial score (nSPS) is 11.9. The van der Waals surface area contributed by atoms with Crippen molar-refractivity contribution in [2.75, 3.05) is 12.4 Å². The number of nitrogens with zero attached hydrogens (tertiary/aromatic N) is 1. The minimum absolute atomic E-state index is 0.343. The summed E-state index contributed by atoms with van der Waals surface area (Å²) >= 11 is 1.45. The lowest BCUT2D eigenvalue weighted by Crippen LogP contribution is -2.23. The van der Waals surface area contributed by atoms with Crippen LogP contribution in [-0.4, -0.2) is 18.1 Å². The van der Waals surface area contributed by atoms with Crippen LogP contribution < -0.4 is 5.32 Å². The van der Waals surface area contributed by atoms with Crippen molar-refractivity contribution in [3.8, 4) is 0 Å². The number of aryl methyl sites for hydroxylation is 1. The quantitative estimate of drug-likeness (QED) is 0.861. The Morgan fingerprint density at radius 3 is 2.83 bits per heavy atom. The number of thiazole rings is 1. The number of aromatic nitrogens is 1. The summed E-state index contributed by atoms with van der Waals surface area (Å²) < 4.78 is 4.81. The highest BCUT2D eigenvalue weighted by molar-refractivity contribution is 7.07. The van der Waals surface area contributed by atoms with Crippen molar-refractivity contribution in [3.63, 3.8) is 0 Å². The predicted molar refractivity (Wildman–Crippen MR) is 71.7 cm³/mol. The van der Waals surface area contributed by atoms with Crippen LogP contribution in [0.2, 0.25) is 0 Å². The first kappa shape index (κ1) is 12.6. The number of carbonyl (C=O) groups excluding carboxylic acids is 1. The lowest BCUT2D eigenvalue weighted by Gasteiger charge is -2.17. The first-order valence-corrected chi connectivity index (χ1v) is 6.44. The van der Waals surface area contributed by atoms with Crippen molar-refractivity contribution in [2.24, 2.45) is 0 Å². The molecule has 18 heavy (non-hydrogen) atoms. The lowest BCUT2D eigenvalue weighted by molar-refractivity contribution is -0.141. The number of anilines is 1. The third kappa shape index (κ3) is 2.68. The fraction of sp³-hybridized carbons (Fsp3) is 0.231. The number of para-hydroxylation sites is 1. The van der Waals surface area contributed by atoms with Crippen molar-refractivity contribution in [2.45, 2.75) is 13.0 Å². The summed E-state index contributed by atoms with van der Waals surface area (Å²) in [5.74, 6) is -0.343. The zero-order chi connectivity index (χ0) is 13.0. The second-order valence-corrected chi connectivity index (χ2v) is 4.55. The van der Waals surface area contributed by atoms with E-state index in [2.05, 4.69) is 10.3 Å². The monoisotopic (exact) mass is 262 g/mol. The summed E-state index contributed by atoms with van der Waals surface area (Å²) in [6.07, 6.45) is 0. The van der Waals surface area contributed by atoms with Gasteiger partial charge in [0.2, 0.25) is 0 Å². The van der Waals surface area contributed by atoms with Gasteiger partial charge in [-0.25, -0.2) is 9.78 Å². The molecule has 0 radical (unpaired) electrons. The van der Waals surface area contributed by atoms with Crippen LogP contribution in [0.3, 0.4) is 0 Å². The molecule has 94 valence electrons. The number of esters is 1. The van der Waals surface area contributed by atoms with Crippen LogP contribution in [0, 0.1) is 6.92 Å². The number of carbonyl (C=O) groups is 1. The highest BCUT2D eigenvalue weighted by atomic mass is 32.1. The molecule has 0 spiro atoms. The number of nitrogens with one attached hydrogen (secondary N) is 1. The Kier molecular flexibility index (Phi) is 3.94. The fourth-order valence-electron chi connectivity index (χ4n) is 1.63. The van der Waals surface area contributed by atoms with Gasteiger partial charge in [-0.3, -0.25) is 0 Å². The first-order chi connectivity index (χ1) is 8.72. The van der Waals surface area contributed by atoms with Gasteiger partial charge in [0, 0.05) is 11.1 Å². The van der Waals surface area contributed by atoms with Crippen LogP contribution in [0.25, 0.3) is 0 Å². The maximum atomic E-state index is 11.8. The van der Waals surface area contributed by atoms with Crippen molar-refractivity contribution in [3.05, 3.63) is 46.4 Å². The van der Waals surface area contributed by atoms with Gasteiger partial charge < -0.3 is 10.1 Å². The number of ether oxygens (including phenoxy) is 1. The molecule has 5 heteroatoms. The van der Waals surface area contributed by atoms with Crippen molar-refractivity contribution in [1.82, 2.24) is 4.98 Å². The molecule has 0 aliphatic rings. The Hall–Kier alpha value is -1.88. The number of rotatable bonds is 4. The topological polar surface area (TPSA) is 51.2 Å². The van der Waals surface area contributed by atoms with Gasteiger partial charge in [-0.1, -0.05) is 18.2 Å². The Bertz CT molecular complexity index is 526. The smallest absolute Gasteiger partial charge is 0.334 e. The molecule has 0 amide bonds. The van der Waals surface area contributed by atoms with Crippen LogP contribution in [0.1, 0.15) is 17.3 Å². The van der Waals surface area contributed by atoms with E-state index in [9.17, 15) is 4.79 Å². The molecule has 1 atom stereocenters. The second-order valence-electron chi connectivity index (χ2n) is 3.83. The van der Waals surface area contributed by atoms with E-state index in [0.29, 0.717) is 5.69 Å². The van der Waals surface area contributed by atoms with E-state index in [1.54, 1.807) is 5.51 Å². The number of benzene rings is 1. The van der Waals surface area contributed by atoms with Crippen LogP contribution >= 0.6 is 11.3 Å². The molecule has 0 saturated carbocycles. The van der Waals surface area contributed by atoms with Crippen molar-refractivity contribution < 1.29 is 9.53 Å². The van der Waals surface area contributed by atoms with Crippen molar-refractivity contribution in [1.29, 1.82) is 0 Å². The average molecular weight is 262 g/mol. The van der Waals surface area contributed by atoms with Gasteiger partial charge in [0.1, 0.15) is 0 Å². The Labute approximate surface area is 110 Å². The molecule has 0 saturated heterocycles. The SMILES string of the molecule is COC(=O)C(Nc1ccccc1C)c1cscn1. The highest BCUT2D eigenvalue weighted by Gasteiger charge is 2.23. The van der Waals surface area contributed by atoms with E-state index < -0.39 is 6.04 Å². The molecular formula is C13H14N2O2S. The minimum atomic E-state index is -0.567. The van der Waals surface area contributed by atoms with E-state index in [-0.39, 0.29) is 5.97 Å². The maximum absolute atomic E-state index is 11.8. The molecule has 1 unspecified atom stereocenters. The van der Waals surface area contributed by atoms with E-state index >= 15 is 0 Å². The molecule has 0 fully saturated rings. The molecule has 2 rings (SSSR count). The van der Waals surface area contributed by atoms with Gasteiger partial charge in [-0.05, 0) is 18.6 Å². The zero-order valence-corrected chi connectivity index (χ0v) is 11.0. The molecule has 2 aromatic rings. The molecule has 0 aliphatic heterocycles. The standard InChI is InChI=1S/C13H14N2O2S/c1-9-5-3-4-6-10(9)15-12(13(16)17-2)11-7-18-8-14-11/h3-8,12,15H,1-2H3. The number of hydrogen-bond acceptors (Lipinski definition) is 5. The molecule has 1 N–H and O–H groups in total. The van der Waals surface area contributed by atoms with Gasteiger partial charge in [-0.15, -0.1) is 11.3 Å². The summed E-state index contributed by atoms with van der Waals surface area (Å²) in [5, 5.41) is 5.01. The Morgan fingerprint density at radius 1 is 1.44 bits per heavy atom. The van der Waals surface area contributed by atoms with Gasteiger partial charge in [-0.2, -0.15) is 0 Å². The van der Waals surface area contributed by atoms with Gasteiger partial charge in [0.25, 0.3) is 0 Å². The second kappa shape index (κ2) is 5.64. The third-order valence-electron chi connectivity index (χ3n) is 2.63. The zero-order valence-electron chi connectivity index (χ0n) is 10.2. The van der Waals surface area contributed by atoms with Crippen LogP contribution in [0.15, 0.2) is 35.2 Å². The van der Waals surface area contributed by atoms with E-state index in [0.717, 1.165) is 11.3 Å². The van der Waals surface area contributed by atoms with E-state index in [4.69, 9.17) is 4.74 Å². The minimum Gasteiger partial charge on any atom is -0.467 e. The van der Waals surface area contributed by atoms with Crippen LogP contribution in [0.4, 0.5) is 5.69 Å². The van der Waals surface area contributed by atoms with Crippen LogP contribution in [0.5, 0.6) is 0 Å². The summed E-state index contributed by atoms with van der Waals surface area (Å²) in [5.41, 5.74) is 4.35. The molecular weight excluding hydrogens is 248 g/mol.